The summed E-state index contributed by atoms with van der Waals surface area (Å²) in [6, 6.07) is 16.4. The lowest BCUT2D eigenvalue weighted by molar-refractivity contribution is -0.120. The van der Waals surface area contributed by atoms with Crippen molar-refractivity contribution in [1.82, 2.24) is 4.31 Å². The maximum Gasteiger partial charge on any atom is 0.243 e. The number of hydrogen-bond donors (Lipinski definition) is 1. The number of carbonyl (C=O) groups is 1. The normalized spacial score (nSPS) is 15.8. The first-order chi connectivity index (χ1) is 16.1. The molecule has 1 fully saturated rings. The molecule has 0 aliphatic carbocycles. The van der Waals surface area contributed by atoms with Gasteiger partial charge < -0.3 is 10.1 Å². The maximum atomic E-state index is 13.0. The average Bonchev–Trinajstić information content (AvgIpc) is 2.84. The van der Waals surface area contributed by atoms with E-state index in [-0.39, 0.29) is 34.7 Å². The van der Waals surface area contributed by atoms with Crippen molar-refractivity contribution in [2.75, 3.05) is 31.8 Å². The van der Waals surface area contributed by atoms with Gasteiger partial charge in [0.1, 0.15) is 5.75 Å². The number of fused-ring (bicyclic) bond motifs is 1. The molecule has 34 heavy (non-hydrogen) atoms. The first-order valence-electron chi connectivity index (χ1n) is 10.8. The number of amides is 1. The highest BCUT2D eigenvalue weighted by Crippen LogP contribution is 2.32. The molecule has 0 atom stereocenters. The molecular formula is C24H26N2O6S2. The van der Waals surface area contributed by atoms with Crippen LogP contribution in [0.4, 0.5) is 5.69 Å². The fourth-order valence-corrected chi connectivity index (χ4v) is 6.26. The molecule has 8 nitrogen and oxygen atoms in total. The number of carbonyl (C=O) groups excluding carboxylic acids is 1. The fraction of sp³-hybridized carbons (Fsp3) is 0.292. The molecule has 0 aromatic heterocycles. The Balaban J connectivity index is 1.44. The van der Waals surface area contributed by atoms with Crippen LogP contribution in [0.15, 0.2) is 70.5 Å². The van der Waals surface area contributed by atoms with Crippen molar-refractivity contribution in [2.24, 2.45) is 5.92 Å². The van der Waals surface area contributed by atoms with Crippen LogP contribution in [0.5, 0.6) is 5.75 Å². The predicted octanol–water partition coefficient (Wildman–Crippen LogP) is 3.29. The van der Waals surface area contributed by atoms with Crippen molar-refractivity contribution < 1.29 is 26.4 Å². The number of nitrogens with zero attached hydrogens (tertiary/aromatic N) is 1. The number of benzene rings is 3. The summed E-state index contributed by atoms with van der Waals surface area (Å²) in [6.45, 7) is 0.412. The number of hydrogen-bond acceptors (Lipinski definition) is 6. The summed E-state index contributed by atoms with van der Waals surface area (Å²) >= 11 is 0. The molecule has 1 saturated heterocycles. The van der Waals surface area contributed by atoms with Crippen LogP contribution < -0.4 is 10.1 Å². The minimum Gasteiger partial charge on any atom is -0.496 e. The summed E-state index contributed by atoms with van der Waals surface area (Å²) < 4.78 is 56.0. The van der Waals surface area contributed by atoms with Gasteiger partial charge in [-0.2, -0.15) is 4.31 Å². The van der Waals surface area contributed by atoms with Crippen LogP contribution in [0.25, 0.3) is 10.8 Å². The molecule has 0 spiro atoms. The predicted molar refractivity (Wildman–Crippen MR) is 130 cm³/mol. The van der Waals surface area contributed by atoms with Crippen LogP contribution in [0, 0.1) is 5.92 Å². The van der Waals surface area contributed by atoms with E-state index >= 15 is 0 Å². The van der Waals surface area contributed by atoms with E-state index in [0.717, 1.165) is 22.8 Å². The lowest BCUT2D eigenvalue weighted by Gasteiger charge is -2.30. The zero-order valence-electron chi connectivity index (χ0n) is 18.9. The van der Waals surface area contributed by atoms with Crippen LogP contribution in [0.1, 0.15) is 12.8 Å². The molecule has 1 amide bonds. The second-order valence-electron chi connectivity index (χ2n) is 8.27. The first-order valence-corrected chi connectivity index (χ1v) is 14.1. The van der Waals surface area contributed by atoms with Gasteiger partial charge in [-0.25, -0.2) is 16.8 Å². The molecule has 3 aromatic carbocycles. The van der Waals surface area contributed by atoms with Crippen molar-refractivity contribution in [3.63, 3.8) is 0 Å². The molecule has 0 saturated carbocycles. The quantitative estimate of drug-likeness (QED) is 0.554. The molecule has 3 aromatic rings. The summed E-state index contributed by atoms with van der Waals surface area (Å²) in [6.07, 6.45) is 1.85. The Labute approximate surface area is 199 Å². The summed E-state index contributed by atoms with van der Waals surface area (Å²) in [5, 5.41) is 4.75. The minimum absolute atomic E-state index is 0.0347. The Kier molecular flexibility index (Phi) is 6.66. The molecule has 1 N–H and O–H groups in total. The monoisotopic (exact) mass is 502 g/mol. The first kappa shape index (κ1) is 24.2. The summed E-state index contributed by atoms with van der Waals surface area (Å²) in [5.41, 5.74) is 0.683. The molecule has 10 heteroatoms. The van der Waals surface area contributed by atoms with Gasteiger partial charge >= 0.3 is 0 Å². The molecule has 0 unspecified atom stereocenters. The van der Waals surface area contributed by atoms with Crippen LogP contribution in [0.2, 0.25) is 0 Å². The van der Waals surface area contributed by atoms with Gasteiger partial charge in [0.15, 0.2) is 9.84 Å². The van der Waals surface area contributed by atoms with Crippen LogP contribution in [-0.2, 0) is 24.7 Å². The smallest absolute Gasteiger partial charge is 0.243 e. The van der Waals surface area contributed by atoms with Crippen molar-refractivity contribution in [2.45, 2.75) is 22.6 Å². The third kappa shape index (κ3) is 4.79. The third-order valence-electron chi connectivity index (χ3n) is 6.08. The number of methoxy groups -OCH3 is 1. The zero-order chi connectivity index (χ0) is 24.5. The summed E-state index contributed by atoms with van der Waals surface area (Å²) in [4.78, 5) is 13.1. The maximum absolute atomic E-state index is 13.0. The molecule has 0 radical (unpaired) electrons. The summed E-state index contributed by atoms with van der Waals surface area (Å²) in [7, 11) is -5.59. The van der Waals surface area contributed by atoms with Crippen molar-refractivity contribution in [3.8, 4) is 5.75 Å². The zero-order valence-corrected chi connectivity index (χ0v) is 20.5. The van der Waals surface area contributed by atoms with E-state index in [9.17, 15) is 21.6 Å². The van der Waals surface area contributed by atoms with Gasteiger partial charge in [0.25, 0.3) is 0 Å². The highest BCUT2D eigenvalue weighted by atomic mass is 32.2. The van der Waals surface area contributed by atoms with E-state index < -0.39 is 19.9 Å². The van der Waals surface area contributed by atoms with Gasteiger partial charge in [-0.15, -0.1) is 0 Å². The van der Waals surface area contributed by atoms with Crippen LogP contribution >= 0.6 is 0 Å². The largest absolute Gasteiger partial charge is 0.496 e. The number of piperidine rings is 1. The number of anilines is 1. The summed E-state index contributed by atoms with van der Waals surface area (Å²) in [5.74, 6) is 0.251. The van der Waals surface area contributed by atoms with E-state index in [2.05, 4.69) is 5.32 Å². The van der Waals surface area contributed by atoms with E-state index in [4.69, 9.17) is 4.74 Å². The second kappa shape index (κ2) is 9.36. The standard InChI is InChI=1S/C24H26N2O6S2/c1-32-23-12-11-22(20-5-3-4-6-21(20)23)25-24(27)17-13-15-26(16-14-17)34(30,31)19-9-7-18(8-10-19)33(2,28)29/h3-12,17H,13-16H2,1-2H3,(H,25,27). The van der Waals surface area contributed by atoms with E-state index in [1.807, 2.05) is 30.3 Å². The second-order valence-corrected chi connectivity index (χ2v) is 12.2. The number of rotatable bonds is 6. The number of sulfonamides is 1. The molecule has 4 rings (SSSR count). The van der Waals surface area contributed by atoms with Crippen LogP contribution in [0.3, 0.4) is 0 Å². The highest BCUT2D eigenvalue weighted by molar-refractivity contribution is 7.90. The average molecular weight is 503 g/mol. The van der Waals surface area contributed by atoms with E-state index in [0.29, 0.717) is 18.5 Å². The van der Waals surface area contributed by atoms with Gasteiger partial charge in [0.2, 0.25) is 15.9 Å². The molecule has 1 heterocycles. The molecule has 180 valence electrons. The van der Waals surface area contributed by atoms with Gasteiger partial charge in [-0.3, -0.25) is 4.79 Å². The van der Waals surface area contributed by atoms with Gasteiger partial charge in [0.05, 0.1) is 16.9 Å². The molecule has 1 aliphatic heterocycles. The molecular weight excluding hydrogens is 476 g/mol. The Morgan fingerprint density at radius 1 is 0.882 bits per heavy atom. The Hall–Kier alpha value is -2.95. The van der Waals surface area contributed by atoms with E-state index in [1.54, 1.807) is 13.2 Å². The number of ether oxygens (including phenoxy) is 1. The Morgan fingerprint density at radius 3 is 2.06 bits per heavy atom. The van der Waals surface area contributed by atoms with Gasteiger partial charge in [-0.05, 0) is 49.2 Å². The minimum atomic E-state index is -3.78. The van der Waals surface area contributed by atoms with Crippen molar-refractivity contribution in [1.29, 1.82) is 0 Å². The van der Waals surface area contributed by atoms with Crippen molar-refractivity contribution in [3.05, 3.63) is 60.7 Å². The van der Waals surface area contributed by atoms with Crippen molar-refractivity contribution >= 4 is 42.2 Å². The lowest BCUT2D eigenvalue weighted by atomic mass is 9.97. The molecule has 0 bridgehead atoms. The Bertz CT molecular complexity index is 1430. The Morgan fingerprint density at radius 2 is 1.47 bits per heavy atom. The topological polar surface area (TPSA) is 110 Å². The highest BCUT2D eigenvalue weighted by Gasteiger charge is 2.32. The van der Waals surface area contributed by atoms with Gasteiger partial charge in [0, 0.05) is 41.7 Å². The number of nitrogens with one attached hydrogen (secondary N) is 1. The fourth-order valence-electron chi connectivity index (χ4n) is 4.16. The van der Waals surface area contributed by atoms with Crippen LogP contribution in [-0.4, -0.2) is 53.5 Å². The third-order valence-corrected chi connectivity index (χ3v) is 9.12. The SMILES string of the molecule is COc1ccc(NC(=O)C2CCN(S(=O)(=O)c3ccc(S(C)(=O)=O)cc3)CC2)c2ccccc12. The van der Waals surface area contributed by atoms with Gasteiger partial charge in [-0.1, -0.05) is 24.3 Å². The number of sulfone groups is 1. The lowest BCUT2D eigenvalue weighted by Crippen LogP contribution is -2.41. The molecule has 1 aliphatic rings. The van der Waals surface area contributed by atoms with E-state index in [1.165, 1.54) is 28.6 Å².